The van der Waals surface area contributed by atoms with Crippen LogP contribution in [-0.4, -0.2) is 9.78 Å². The minimum Gasteiger partial charge on any atom is -0.383 e. The highest BCUT2D eigenvalue weighted by atomic mass is 35.5. The molecule has 0 bridgehead atoms. The number of rotatable bonds is 2. The summed E-state index contributed by atoms with van der Waals surface area (Å²) >= 11 is 6.14. The van der Waals surface area contributed by atoms with Gasteiger partial charge in [0.25, 0.3) is 0 Å². The number of hydrogen-bond donors (Lipinski definition) is 1. The second kappa shape index (κ2) is 5.72. The Morgan fingerprint density at radius 1 is 1.24 bits per heavy atom. The van der Waals surface area contributed by atoms with Gasteiger partial charge in [0.2, 0.25) is 0 Å². The number of hydrogen-bond acceptors (Lipinski definition) is 2. The van der Waals surface area contributed by atoms with E-state index in [1.807, 2.05) is 25.2 Å². The SMILES string of the molecule is CC1CCC(c2nn(C)c(N)c2-c2cccc(Cl)c2)CC1. The van der Waals surface area contributed by atoms with Gasteiger partial charge < -0.3 is 5.73 Å². The van der Waals surface area contributed by atoms with Crippen LogP contribution < -0.4 is 5.73 Å². The lowest BCUT2D eigenvalue weighted by Crippen LogP contribution is -2.12. The van der Waals surface area contributed by atoms with Crippen LogP contribution in [0.3, 0.4) is 0 Å². The zero-order valence-electron chi connectivity index (χ0n) is 12.6. The maximum Gasteiger partial charge on any atom is 0.129 e. The fourth-order valence-electron chi connectivity index (χ4n) is 3.32. The molecule has 0 aliphatic heterocycles. The van der Waals surface area contributed by atoms with E-state index in [4.69, 9.17) is 22.4 Å². The van der Waals surface area contributed by atoms with E-state index >= 15 is 0 Å². The van der Waals surface area contributed by atoms with Crippen LogP contribution >= 0.6 is 11.6 Å². The molecule has 1 aromatic carbocycles. The van der Waals surface area contributed by atoms with Crippen molar-refractivity contribution in [1.82, 2.24) is 9.78 Å². The van der Waals surface area contributed by atoms with Crippen LogP contribution in [0.4, 0.5) is 5.82 Å². The molecule has 1 aliphatic carbocycles. The molecule has 2 N–H and O–H groups in total. The zero-order valence-corrected chi connectivity index (χ0v) is 13.4. The number of aromatic nitrogens is 2. The summed E-state index contributed by atoms with van der Waals surface area (Å²) < 4.78 is 1.80. The molecule has 112 valence electrons. The van der Waals surface area contributed by atoms with E-state index in [0.717, 1.165) is 33.6 Å². The molecule has 0 spiro atoms. The molecule has 1 saturated carbocycles. The van der Waals surface area contributed by atoms with Crippen LogP contribution in [0.5, 0.6) is 0 Å². The third-order valence-corrected chi connectivity index (χ3v) is 4.87. The number of nitrogen functional groups attached to an aromatic ring is 1. The van der Waals surface area contributed by atoms with Crippen molar-refractivity contribution in [3.8, 4) is 11.1 Å². The van der Waals surface area contributed by atoms with Crippen LogP contribution in [0.15, 0.2) is 24.3 Å². The molecule has 0 radical (unpaired) electrons. The number of halogens is 1. The molecule has 0 atom stereocenters. The van der Waals surface area contributed by atoms with Crippen molar-refractivity contribution in [3.63, 3.8) is 0 Å². The number of nitrogens with two attached hydrogens (primary N) is 1. The molecule has 1 aliphatic rings. The predicted molar refractivity (Wildman–Crippen MR) is 88.4 cm³/mol. The van der Waals surface area contributed by atoms with Crippen molar-refractivity contribution in [2.24, 2.45) is 13.0 Å². The third kappa shape index (κ3) is 2.80. The van der Waals surface area contributed by atoms with E-state index in [-0.39, 0.29) is 0 Å². The number of aryl methyl sites for hydroxylation is 1. The maximum absolute atomic E-state index is 6.28. The van der Waals surface area contributed by atoms with E-state index in [1.165, 1.54) is 25.7 Å². The minimum atomic E-state index is 0.513. The van der Waals surface area contributed by atoms with Crippen LogP contribution in [0.2, 0.25) is 5.02 Å². The summed E-state index contributed by atoms with van der Waals surface area (Å²) in [6, 6.07) is 7.90. The smallest absolute Gasteiger partial charge is 0.129 e. The summed E-state index contributed by atoms with van der Waals surface area (Å²) in [6.07, 6.45) is 4.95. The van der Waals surface area contributed by atoms with Gasteiger partial charge in [-0.15, -0.1) is 0 Å². The van der Waals surface area contributed by atoms with Gasteiger partial charge in [0.1, 0.15) is 5.82 Å². The van der Waals surface area contributed by atoms with Crippen LogP contribution in [0, 0.1) is 5.92 Å². The summed E-state index contributed by atoms with van der Waals surface area (Å²) in [7, 11) is 1.92. The lowest BCUT2D eigenvalue weighted by molar-refractivity contribution is 0.343. The summed E-state index contributed by atoms with van der Waals surface area (Å²) in [5, 5.41) is 5.45. The summed E-state index contributed by atoms with van der Waals surface area (Å²) in [4.78, 5) is 0. The summed E-state index contributed by atoms with van der Waals surface area (Å²) in [5.41, 5.74) is 9.56. The first kappa shape index (κ1) is 14.5. The van der Waals surface area contributed by atoms with Crippen LogP contribution in [0.25, 0.3) is 11.1 Å². The average molecular weight is 304 g/mol. The van der Waals surface area contributed by atoms with E-state index in [2.05, 4.69) is 13.0 Å². The first-order valence-corrected chi connectivity index (χ1v) is 8.02. The van der Waals surface area contributed by atoms with Crippen LogP contribution in [0.1, 0.15) is 44.2 Å². The van der Waals surface area contributed by atoms with E-state index in [9.17, 15) is 0 Å². The Kier molecular flexibility index (Phi) is 3.94. The molecule has 0 amide bonds. The molecule has 1 fully saturated rings. The molecule has 1 heterocycles. The second-order valence-electron chi connectivity index (χ2n) is 6.24. The molecular formula is C17H22ClN3. The van der Waals surface area contributed by atoms with Crippen molar-refractivity contribution in [3.05, 3.63) is 35.0 Å². The highest BCUT2D eigenvalue weighted by Crippen LogP contribution is 2.41. The standard InChI is InChI=1S/C17H22ClN3/c1-11-6-8-12(9-7-11)16-15(17(19)21(2)20-16)13-4-3-5-14(18)10-13/h3-5,10-12H,6-9,19H2,1-2H3. The molecule has 4 heteroatoms. The Bertz CT molecular complexity index is 639. The highest BCUT2D eigenvalue weighted by molar-refractivity contribution is 6.30. The van der Waals surface area contributed by atoms with Gasteiger partial charge in [-0.2, -0.15) is 5.10 Å². The fourth-order valence-corrected chi connectivity index (χ4v) is 3.51. The predicted octanol–water partition coefficient (Wildman–Crippen LogP) is 4.62. The molecular weight excluding hydrogens is 282 g/mol. The second-order valence-corrected chi connectivity index (χ2v) is 6.67. The molecule has 21 heavy (non-hydrogen) atoms. The van der Waals surface area contributed by atoms with Crippen molar-refractivity contribution in [2.45, 2.75) is 38.5 Å². The van der Waals surface area contributed by atoms with Crippen molar-refractivity contribution < 1.29 is 0 Å². The quantitative estimate of drug-likeness (QED) is 0.880. The molecule has 1 aromatic heterocycles. The number of nitrogens with zero attached hydrogens (tertiary/aromatic N) is 2. The van der Waals surface area contributed by atoms with E-state index in [0.29, 0.717) is 5.92 Å². The van der Waals surface area contributed by atoms with Crippen LogP contribution in [-0.2, 0) is 7.05 Å². The lowest BCUT2D eigenvalue weighted by Gasteiger charge is -2.25. The third-order valence-electron chi connectivity index (χ3n) is 4.63. The van der Waals surface area contributed by atoms with Crippen molar-refractivity contribution in [1.29, 1.82) is 0 Å². The van der Waals surface area contributed by atoms with Gasteiger partial charge >= 0.3 is 0 Å². The van der Waals surface area contributed by atoms with Gasteiger partial charge in [-0.3, -0.25) is 4.68 Å². The largest absolute Gasteiger partial charge is 0.383 e. The Balaban J connectivity index is 2.03. The van der Waals surface area contributed by atoms with Crippen molar-refractivity contribution >= 4 is 17.4 Å². The van der Waals surface area contributed by atoms with Crippen molar-refractivity contribution in [2.75, 3.05) is 5.73 Å². The maximum atomic E-state index is 6.28. The molecule has 0 unspecified atom stereocenters. The minimum absolute atomic E-state index is 0.513. The van der Waals surface area contributed by atoms with Gasteiger partial charge in [-0.25, -0.2) is 0 Å². The Hall–Kier alpha value is -1.48. The molecule has 3 nitrogen and oxygen atoms in total. The van der Waals surface area contributed by atoms with Gasteiger partial charge in [0.05, 0.1) is 5.69 Å². The highest BCUT2D eigenvalue weighted by Gasteiger charge is 2.27. The zero-order chi connectivity index (χ0) is 15.0. The Morgan fingerprint density at radius 3 is 2.62 bits per heavy atom. The topological polar surface area (TPSA) is 43.8 Å². The number of benzene rings is 1. The lowest BCUT2D eigenvalue weighted by atomic mass is 9.80. The fraction of sp³-hybridized carbons (Fsp3) is 0.471. The van der Waals surface area contributed by atoms with E-state index < -0.39 is 0 Å². The number of anilines is 1. The Labute approximate surface area is 131 Å². The normalized spacial score (nSPS) is 22.4. The Morgan fingerprint density at radius 2 is 1.95 bits per heavy atom. The summed E-state index contributed by atoms with van der Waals surface area (Å²) in [6.45, 7) is 2.33. The van der Waals surface area contributed by atoms with E-state index in [1.54, 1.807) is 4.68 Å². The monoisotopic (exact) mass is 303 g/mol. The molecule has 3 rings (SSSR count). The average Bonchev–Trinajstić information content (AvgIpc) is 2.76. The van der Waals surface area contributed by atoms with Gasteiger partial charge in [-0.05, 0) is 36.5 Å². The first-order chi connectivity index (χ1) is 10.1. The molecule has 0 saturated heterocycles. The first-order valence-electron chi connectivity index (χ1n) is 7.64. The van der Waals surface area contributed by atoms with Gasteiger partial charge in [0.15, 0.2) is 0 Å². The van der Waals surface area contributed by atoms with Gasteiger partial charge in [-0.1, -0.05) is 43.5 Å². The summed E-state index contributed by atoms with van der Waals surface area (Å²) in [5.74, 6) is 2.07. The molecule has 2 aromatic rings. The van der Waals surface area contributed by atoms with Gasteiger partial charge in [0, 0.05) is 23.6 Å².